The summed E-state index contributed by atoms with van der Waals surface area (Å²) in [7, 11) is 0. The minimum absolute atomic E-state index is 0.262. The van der Waals surface area contributed by atoms with Crippen molar-refractivity contribution in [1.82, 2.24) is 0 Å². The maximum absolute atomic E-state index is 12.0. The molecule has 0 aromatic heterocycles. The van der Waals surface area contributed by atoms with E-state index in [2.05, 4.69) is 11.3 Å². The van der Waals surface area contributed by atoms with Crippen LogP contribution in [0.3, 0.4) is 0 Å². The number of aliphatic hydroxyl groups is 1. The van der Waals surface area contributed by atoms with E-state index in [0.717, 1.165) is 5.56 Å². The molecule has 1 N–H and O–H groups in total. The SMILES string of the molecule is C=CCCC(C)(O)Cc1ccc(OC(F)(F)F)cc1. The first-order valence-corrected chi connectivity index (χ1v) is 5.90. The molecule has 106 valence electrons. The van der Waals surface area contributed by atoms with Crippen molar-refractivity contribution in [3.05, 3.63) is 42.5 Å². The van der Waals surface area contributed by atoms with Crippen LogP contribution in [0.15, 0.2) is 36.9 Å². The van der Waals surface area contributed by atoms with Gasteiger partial charge < -0.3 is 9.84 Å². The topological polar surface area (TPSA) is 29.5 Å². The first-order valence-electron chi connectivity index (χ1n) is 5.90. The van der Waals surface area contributed by atoms with Gasteiger partial charge in [0.05, 0.1) is 5.60 Å². The van der Waals surface area contributed by atoms with Gasteiger partial charge in [-0.1, -0.05) is 18.2 Å². The molecule has 0 amide bonds. The third kappa shape index (κ3) is 6.29. The van der Waals surface area contributed by atoms with E-state index in [-0.39, 0.29) is 5.75 Å². The molecule has 2 nitrogen and oxygen atoms in total. The molecule has 0 heterocycles. The minimum atomic E-state index is -4.68. The Hall–Kier alpha value is -1.49. The average Bonchev–Trinajstić information content (AvgIpc) is 2.27. The Morgan fingerprint density at radius 3 is 2.32 bits per heavy atom. The van der Waals surface area contributed by atoms with E-state index in [1.165, 1.54) is 24.3 Å². The van der Waals surface area contributed by atoms with E-state index in [0.29, 0.717) is 19.3 Å². The summed E-state index contributed by atoms with van der Waals surface area (Å²) >= 11 is 0. The summed E-state index contributed by atoms with van der Waals surface area (Å²) in [5.41, 5.74) is -0.149. The van der Waals surface area contributed by atoms with E-state index in [1.807, 2.05) is 0 Å². The van der Waals surface area contributed by atoms with Gasteiger partial charge in [0, 0.05) is 6.42 Å². The number of hydrogen-bond acceptors (Lipinski definition) is 2. The molecule has 0 bridgehead atoms. The van der Waals surface area contributed by atoms with Crippen LogP contribution in [0.25, 0.3) is 0 Å². The molecule has 0 aliphatic carbocycles. The predicted molar refractivity (Wildman–Crippen MR) is 66.9 cm³/mol. The van der Waals surface area contributed by atoms with Gasteiger partial charge in [0.15, 0.2) is 0 Å². The predicted octanol–water partition coefficient (Wildman–Crippen LogP) is 3.84. The number of hydrogen-bond donors (Lipinski definition) is 1. The van der Waals surface area contributed by atoms with Gasteiger partial charge in [0.2, 0.25) is 0 Å². The fourth-order valence-electron chi connectivity index (χ4n) is 1.75. The molecule has 0 saturated heterocycles. The number of allylic oxidation sites excluding steroid dienone is 1. The van der Waals surface area contributed by atoms with Gasteiger partial charge in [-0.25, -0.2) is 0 Å². The van der Waals surface area contributed by atoms with Crippen LogP contribution in [0.1, 0.15) is 25.3 Å². The fraction of sp³-hybridized carbons (Fsp3) is 0.429. The van der Waals surface area contributed by atoms with Crippen LogP contribution in [0.5, 0.6) is 5.75 Å². The highest BCUT2D eigenvalue weighted by molar-refractivity contribution is 5.28. The number of rotatable bonds is 6. The standard InChI is InChI=1S/C14H17F3O2/c1-3-4-9-13(2,18)10-11-5-7-12(8-6-11)19-14(15,16)17/h3,5-8,18H,1,4,9-10H2,2H3. The number of alkyl halides is 3. The van der Waals surface area contributed by atoms with Crippen molar-refractivity contribution < 1.29 is 23.0 Å². The normalized spacial score (nSPS) is 14.8. The maximum Gasteiger partial charge on any atom is 0.573 e. The number of benzene rings is 1. The van der Waals surface area contributed by atoms with Gasteiger partial charge >= 0.3 is 6.36 Å². The Labute approximate surface area is 110 Å². The Morgan fingerprint density at radius 1 is 1.26 bits per heavy atom. The van der Waals surface area contributed by atoms with Gasteiger partial charge in [-0.2, -0.15) is 0 Å². The highest BCUT2D eigenvalue weighted by atomic mass is 19.4. The second-order valence-corrected chi connectivity index (χ2v) is 4.69. The fourth-order valence-corrected chi connectivity index (χ4v) is 1.75. The van der Waals surface area contributed by atoms with Crippen molar-refractivity contribution in [3.8, 4) is 5.75 Å². The summed E-state index contributed by atoms with van der Waals surface area (Å²) < 4.78 is 39.7. The van der Waals surface area contributed by atoms with Crippen LogP contribution >= 0.6 is 0 Å². The van der Waals surface area contributed by atoms with Crippen molar-refractivity contribution in [2.45, 2.75) is 38.1 Å². The Morgan fingerprint density at radius 2 is 1.84 bits per heavy atom. The summed E-state index contributed by atoms with van der Waals surface area (Å²) in [5, 5.41) is 10.1. The van der Waals surface area contributed by atoms with Crippen molar-refractivity contribution in [2.75, 3.05) is 0 Å². The number of halogens is 3. The van der Waals surface area contributed by atoms with E-state index in [1.54, 1.807) is 13.0 Å². The summed E-state index contributed by atoms with van der Waals surface area (Å²) in [6, 6.07) is 5.52. The summed E-state index contributed by atoms with van der Waals surface area (Å²) in [5.74, 6) is -0.262. The van der Waals surface area contributed by atoms with Crippen molar-refractivity contribution in [3.63, 3.8) is 0 Å². The Kier molecular flexibility index (Phi) is 5.00. The molecule has 0 radical (unpaired) electrons. The summed E-state index contributed by atoms with van der Waals surface area (Å²) in [6.45, 7) is 5.27. The second kappa shape index (κ2) is 6.10. The lowest BCUT2D eigenvalue weighted by Crippen LogP contribution is -2.26. The van der Waals surface area contributed by atoms with Crippen molar-refractivity contribution in [1.29, 1.82) is 0 Å². The van der Waals surface area contributed by atoms with Crippen molar-refractivity contribution >= 4 is 0 Å². The van der Waals surface area contributed by atoms with Crippen LogP contribution in [0, 0.1) is 0 Å². The average molecular weight is 274 g/mol. The zero-order valence-electron chi connectivity index (χ0n) is 10.7. The first kappa shape index (κ1) is 15.6. The lowest BCUT2D eigenvalue weighted by Gasteiger charge is -2.22. The molecule has 0 aliphatic heterocycles. The van der Waals surface area contributed by atoms with Crippen LogP contribution in [-0.4, -0.2) is 17.1 Å². The van der Waals surface area contributed by atoms with Gasteiger partial charge in [-0.15, -0.1) is 19.8 Å². The van der Waals surface area contributed by atoms with E-state index < -0.39 is 12.0 Å². The first-order chi connectivity index (χ1) is 8.72. The lowest BCUT2D eigenvalue weighted by atomic mass is 9.92. The van der Waals surface area contributed by atoms with Crippen LogP contribution < -0.4 is 4.74 Å². The molecular weight excluding hydrogens is 257 g/mol. The highest BCUT2D eigenvalue weighted by Gasteiger charge is 2.31. The molecule has 0 spiro atoms. The third-order valence-corrected chi connectivity index (χ3v) is 2.63. The van der Waals surface area contributed by atoms with Crippen LogP contribution in [0.2, 0.25) is 0 Å². The zero-order chi connectivity index (χ0) is 14.5. The third-order valence-electron chi connectivity index (χ3n) is 2.63. The maximum atomic E-state index is 12.0. The largest absolute Gasteiger partial charge is 0.573 e. The van der Waals surface area contributed by atoms with Crippen molar-refractivity contribution in [2.24, 2.45) is 0 Å². The van der Waals surface area contributed by atoms with E-state index >= 15 is 0 Å². The molecule has 1 aromatic carbocycles. The minimum Gasteiger partial charge on any atom is -0.406 e. The number of ether oxygens (including phenoxy) is 1. The Bertz CT molecular complexity index is 408. The van der Waals surface area contributed by atoms with Gasteiger partial charge in [0.25, 0.3) is 0 Å². The molecule has 0 saturated carbocycles. The molecule has 0 fully saturated rings. The Balaban J connectivity index is 2.64. The molecule has 19 heavy (non-hydrogen) atoms. The van der Waals surface area contributed by atoms with Crippen LogP contribution in [-0.2, 0) is 6.42 Å². The zero-order valence-corrected chi connectivity index (χ0v) is 10.7. The van der Waals surface area contributed by atoms with Gasteiger partial charge in [-0.3, -0.25) is 0 Å². The van der Waals surface area contributed by atoms with E-state index in [9.17, 15) is 18.3 Å². The molecule has 0 aliphatic rings. The molecular formula is C14H17F3O2. The summed E-state index contributed by atoms with van der Waals surface area (Å²) in [6.07, 6.45) is -1.36. The highest BCUT2D eigenvalue weighted by Crippen LogP contribution is 2.24. The summed E-state index contributed by atoms with van der Waals surface area (Å²) in [4.78, 5) is 0. The monoisotopic (exact) mass is 274 g/mol. The molecule has 1 rings (SSSR count). The molecule has 1 aromatic rings. The second-order valence-electron chi connectivity index (χ2n) is 4.69. The van der Waals surface area contributed by atoms with E-state index in [4.69, 9.17) is 0 Å². The molecule has 5 heteroatoms. The smallest absolute Gasteiger partial charge is 0.406 e. The quantitative estimate of drug-likeness (QED) is 0.798. The molecule has 1 atom stereocenters. The van der Waals surface area contributed by atoms with Gasteiger partial charge in [0.1, 0.15) is 5.75 Å². The molecule has 1 unspecified atom stereocenters. The van der Waals surface area contributed by atoms with Crippen LogP contribution in [0.4, 0.5) is 13.2 Å². The lowest BCUT2D eigenvalue weighted by molar-refractivity contribution is -0.274. The van der Waals surface area contributed by atoms with Gasteiger partial charge in [-0.05, 0) is 37.5 Å².